The first-order valence-electron chi connectivity index (χ1n) is 4.23. The molecule has 0 amide bonds. The van der Waals surface area contributed by atoms with E-state index in [1.807, 2.05) is 0 Å². The monoisotopic (exact) mass is 282 g/mol. The predicted octanol–water partition coefficient (Wildman–Crippen LogP) is -0.400. The van der Waals surface area contributed by atoms with Gasteiger partial charge in [0.25, 0.3) is 0 Å². The van der Waals surface area contributed by atoms with Gasteiger partial charge in [0, 0.05) is 26.4 Å². The van der Waals surface area contributed by atoms with Crippen LogP contribution in [0.4, 0.5) is 0 Å². The van der Waals surface area contributed by atoms with Crippen molar-refractivity contribution in [2.45, 2.75) is 37.3 Å². The number of carbonyl (C=O) groups is 1. The van der Waals surface area contributed by atoms with Crippen LogP contribution in [0.5, 0.6) is 0 Å². The van der Waals surface area contributed by atoms with Gasteiger partial charge < -0.3 is 18.9 Å². The third-order valence-electron chi connectivity index (χ3n) is 2.50. The number of rotatable bonds is 0. The summed E-state index contributed by atoms with van der Waals surface area (Å²) in [6.07, 6.45) is -1.43. The molecule has 6 heteroatoms. The number of esters is 1. The second kappa shape index (κ2) is 3.54. The molecule has 0 spiro atoms. The van der Waals surface area contributed by atoms with Crippen molar-refractivity contribution in [2.75, 3.05) is 0 Å². The predicted molar refractivity (Wildman–Crippen MR) is 38.3 cm³/mol. The summed E-state index contributed by atoms with van der Waals surface area (Å²) in [5, 5.41) is 0. The molecule has 5 atom stereocenters. The largest absolute Gasteiger partial charge is 0.456 e. The summed E-state index contributed by atoms with van der Waals surface area (Å²) >= 11 is 0. The standard InChI is InChI=1S/C8H9O5.Tc/c1-3-10-7-6-4(2-5(9)13-6)12-8(7)11-3;/h3-4,6-8H,1-2H2;/q-1;. The molecule has 5 nitrogen and oxygen atoms in total. The summed E-state index contributed by atoms with van der Waals surface area (Å²) in [5.41, 5.74) is 0. The Kier molecular flexibility index (Phi) is 2.66. The van der Waals surface area contributed by atoms with Crippen molar-refractivity contribution in [3.05, 3.63) is 6.92 Å². The first-order valence-corrected chi connectivity index (χ1v) is 4.23. The van der Waals surface area contributed by atoms with Crippen LogP contribution in [-0.4, -0.2) is 36.9 Å². The maximum atomic E-state index is 10.9. The number of hydrogen-bond donors (Lipinski definition) is 0. The molecule has 3 heterocycles. The molecular weight excluding hydrogens is 274 g/mol. The zero-order valence-electron chi connectivity index (χ0n) is 7.22. The van der Waals surface area contributed by atoms with E-state index in [0.29, 0.717) is 6.42 Å². The molecule has 0 aromatic heterocycles. The van der Waals surface area contributed by atoms with Crippen LogP contribution in [0.3, 0.4) is 0 Å². The molecule has 3 aliphatic heterocycles. The molecule has 0 aliphatic carbocycles. The van der Waals surface area contributed by atoms with Crippen LogP contribution in [0.25, 0.3) is 0 Å². The molecule has 3 aliphatic rings. The maximum absolute atomic E-state index is 10.9. The molecule has 0 aromatic carbocycles. The molecular formula is C8H9O5Tc-. The third kappa shape index (κ3) is 1.42. The van der Waals surface area contributed by atoms with Crippen LogP contribution in [0.15, 0.2) is 0 Å². The molecule has 79 valence electrons. The van der Waals surface area contributed by atoms with Crippen molar-refractivity contribution in [1.82, 2.24) is 0 Å². The van der Waals surface area contributed by atoms with Crippen molar-refractivity contribution < 1.29 is 43.8 Å². The summed E-state index contributed by atoms with van der Waals surface area (Å²) in [4.78, 5) is 10.9. The Bertz CT molecular complexity index is 258. The number of hydrogen-bond acceptors (Lipinski definition) is 5. The summed E-state index contributed by atoms with van der Waals surface area (Å²) < 4.78 is 21.0. The molecule has 3 saturated heterocycles. The Morgan fingerprint density at radius 3 is 2.79 bits per heavy atom. The second-order valence-corrected chi connectivity index (χ2v) is 3.37. The average Bonchev–Trinajstić information content (AvgIpc) is 2.60. The van der Waals surface area contributed by atoms with E-state index in [1.54, 1.807) is 0 Å². The summed E-state index contributed by atoms with van der Waals surface area (Å²) in [5.74, 6) is -0.232. The van der Waals surface area contributed by atoms with Gasteiger partial charge in [0.15, 0.2) is 12.4 Å². The molecule has 3 fully saturated rings. The average molecular weight is 283 g/mol. The second-order valence-electron chi connectivity index (χ2n) is 3.37. The smallest absolute Gasteiger partial charge is 0.309 e. The number of ether oxygens (including phenoxy) is 4. The van der Waals surface area contributed by atoms with E-state index < -0.39 is 12.6 Å². The molecule has 0 N–H and O–H groups in total. The summed E-state index contributed by atoms with van der Waals surface area (Å²) in [6.45, 7) is 3.59. The molecule has 5 unspecified atom stereocenters. The minimum absolute atomic E-state index is 0. The fourth-order valence-electron chi connectivity index (χ4n) is 1.97. The summed E-state index contributed by atoms with van der Waals surface area (Å²) in [6, 6.07) is 0. The molecule has 3 rings (SSSR count). The molecule has 0 saturated carbocycles. The Hall–Kier alpha value is -0.000649. The zero-order chi connectivity index (χ0) is 9.00. The number of carbonyl (C=O) groups excluding carboxylic acids is 1. The Morgan fingerprint density at radius 1 is 1.21 bits per heavy atom. The molecule has 0 bridgehead atoms. The minimum atomic E-state index is -0.518. The Labute approximate surface area is 94.4 Å². The van der Waals surface area contributed by atoms with Crippen LogP contribution in [0.1, 0.15) is 6.42 Å². The van der Waals surface area contributed by atoms with Gasteiger partial charge in [0.05, 0.1) is 6.42 Å². The van der Waals surface area contributed by atoms with Crippen LogP contribution < -0.4 is 0 Å². The van der Waals surface area contributed by atoms with E-state index in [0.717, 1.165) is 0 Å². The summed E-state index contributed by atoms with van der Waals surface area (Å²) in [7, 11) is 0. The van der Waals surface area contributed by atoms with Gasteiger partial charge in [0.2, 0.25) is 0 Å². The van der Waals surface area contributed by atoms with E-state index in [2.05, 4.69) is 6.92 Å². The fraction of sp³-hybridized carbons (Fsp3) is 0.750. The topological polar surface area (TPSA) is 54.0 Å². The van der Waals surface area contributed by atoms with E-state index in [1.165, 1.54) is 0 Å². The van der Waals surface area contributed by atoms with E-state index in [-0.39, 0.29) is 44.4 Å². The van der Waals surface area contributed by atoms with Crippen LogP contribution in [0, 0.1) is 6.92 Å². The van der Waals surface area contributed by atoms with Gasteiger partial charge in [-0.2, -0.15) is 0 Å². The van der Waals surface area contributed by atoms with Gasteiger partial charge in [-0.05, 0) is 0 Å². The Balaban J connectivity index is 0.000000750. The van der Waals surface area contributed by atoms with E-state index in [9.17, 15) is 4.79 Å². The van der Waals surface area contributed by atoms with Crippen molar-refractivity contribution in [2.24, 2.45) is 0 Å². The minimum Gasteiger partial charge on any atom is -0.456 e. The van der Waals surface area contributed by atoms with Crippen LogP contribution >= 0.6 is 0 Å². The van der Waals surface area contributed by atoms with Crippen molar-refractivity contribution in [1.29, 1.82) is 0 Å². The fourth-order valence-corrected chi connectivity index (χ4v) is 1.97. The zero-order valence-corrected chi connectivity index (χ0v) is 9.08. The first kappa shape index (κ1) is 10.5. The van der Waals surface area contributed by atoms with Crippen LogP contribution in [0.2, 0.25) is 0 Å². The first-order chi connectivity index (χ1) is 6.24. The van der Waals surface area contributed by atoms with Gasteiger partial charge >= 0.3 is 5.97 Å². The van der Waals surface area contributed by atoms with Gasteiger partial charge in [-0.15, -0.1) is 0 Å². The molecule has 1 radical (unpaired) electrons. The quantitative estimate of drug-likeness (QED) is 0.447. The van der Waals surface area contributed by atoms with Gasteiger partial charge in [0.1, 0.15) is 12.2 Å². The van der Waals surface area contributed by atoms with Gasteiger partial charge in [-0.1, -0.05) is 0 Å². The maximum Gasteiger partial charge on any atom is 0.309 e. The van der Waals surface area contributed by atoms with Crippen molar-refractivity contribution in [3.8, 4) is 0 Å². The SMILES string of the molecule is [CH2-]C1OC2OC3CC(=O)OC3C2O1.[Tc]. The van der Waals surface area contributed by atoms with E-state index in [4.69, 9.17) is 18.9 Å². The van der Waals surface area contributed by atoms with Gasteiger partial charge in [-0.3, -0.25) is 11.7 Å². The van der Waals surface area contributed by atoms with Crippen molar-refractivity contribution in [3.63, 3.8) is 0 Å². The third-order valence-corrected chi connectivity index (χ3v) is 2.50. The molecule has 0 aromatic rings. The van der Waals surface area contributed by atoms with Crippen molar-refractivity contribution >= 4 is 5.97 Å². The van der Waals surface area contributed by atoms with Gasteiger partial charge in [-0.25, -0.2) is 0 Å². The van der Waals surface area contributed by atoms with Crippen LogP contribution in [-0.2, 0) is 43.8 Å². The Morgan fingerprint density at radius 2 is 2.00 bits per heavy atom. The van der Waals surface area contributed by atoms with E-state index >= 15 is 0 Å². The number of fused-ring (bicyclic) bond motifs is 3. The molecule has 14 heavy (non-hydrogen) atoms. The normalized spacial score (nSPS) is 49.5.